The highest BCUT2D eigenvalue weighted by Gasteiger charge is 2.47. The molecule has 0 unspecified atom stereocenters. The normalized spacial score (nSPS) is 11.4. The first-order valence-electron chi connectivity index (χ1n) is 12.4. The minimum atomic E-state index is -1.11. The Kier molecular flexibility index (Phi) is 18.2. The summed E-state index contributed by atoms with van der Waals surface area (Å²) in [6, 6.07) is 0. The third kappa shape index (κ3) is 12.3. The molecule has 0 saturated carbocycles. The largest absolute Gasteiger partial charge is 0.465 e. The zero-order chi connectivity index (χ0) is 21.8. The SMILES string of the molecule is CCCCCCCCCCCCCCC(CCCC)(C(=O)OCC)C(=O)OCC. The van der Waals surface area contributed by atoms with Gasteiger partial charge in [-0.15, -0.1) is 0 Å². The average molecular weight is 413 g/mol. The third-order valence-electron chi connectivity index (χ3n) is 5.75. The molecule has 0 aliphatic rings. The number of hydrogen-bond acceptors (Lipinski definition) is 4. The molecule has 0 aromatic carbocycles. The quantitative estimate of drug-likeness (QED) is 0.119. The summed E-state index contributed by atoms with van der Waals surface area (Å²) in [6.07, 6.45) is 18.0. The highest BCUT2D eigenvalue weighted by molar-refractivity contribution is 6.00. The predicted molar refractivity (Wildman–Crippen MR) is 121 cm³/mol. The molecule has 0 rings (SSSR count). The molecule has 0 saturated heterocycles. The van der Waals surface area contributed by atoms with Gasteiger partial charge in [0.15, 0.2) is 5.41 Å². The fourth-order valence-electron chi connectivity index (χ4n) is 3.90. The Labute approximate surface area is 180 Å². The van der Waals surface area contributed by atoms with Crippen molar-refractivity contribution in [2.24, 2.45) is 5.41 Å². The molecule has 0 spiro atoms. The number of unbranched alkanes of at least 4 members (excludes halogenated alkanes) is 12. The fourth-order valence-corrected chi connectivity index (χ4v) is 3.90. The van der Waals surface area contributed by atoms with Crippen LogP contribution < -0.4 is 0 Å². The fraction of sp³-hybridized carbons (Fsp3) is 0.920. The molecule has 0 N–H and O–H groups in total. The molecule has 0 radical (unpaired) electrons. The van der Waals surface area contributed by atoms with Crippen LogP contribution in [-0.2, 0) is 19.1 Å². The van der Waals surface area contributed by atoms with Gasteiger partial charge >= 0.3 is 11.9 Å². The number of hydrogen-bond donors (Lipinski definition) is 0. The van der Waals surface area contributed by atoms with Gasteiger partial charge in [0.25, 0.3) is 0 Å². The van der Waals surface area contributed by atoms with Gasteiger partial charge in [0.2, 0.25) is 0 Å². The van der Waals surface area contributed by atoms with E-state index in [0.29, 0.717) is 26.1 Å². The lowest BCUT2D eigenvalue weighted by atomic mass is 9.78. The molecular formula is C25H48O4. The highest BCUT2D eigenvalue weighted by Crippen LogP contribution is 2.35. The zero-order valence-electron chi connectivity index (χ0n) is 19.9. The van der Waals surface area contributed by atoms with Gasteiger partial charge in [-0.25, -0.2) is 0 Å². The van der Waals surface area contributed by atoms with Gasteiger partial charge in [-0.3, -0.25) is 9.59 Å². The van der Waals surface area contributed by atoms with Crippen molar-refractivity contribution in [3.63, 3.8) is 0 Å². The lowest BCUT2D eigenvalue weighted by Crippen LogP contribution is -2.42. The minimum absolute atomic E-state index is 0.296. The molecule has 4 heteroatoms. The summed E-state index contributed by atoms with van der Waals surface area (Å²) in [5.74, 6) is -0.787. The van der Waals surface area contributed by atoms with Crippen LogP contribution in [0.4, 0.5) is 0 Å². The number of carbonyl (C=O) groups is 2. The van der Waals surface area contributed by atoms with Crippen molar-refractivity contribution in [3.8, 4) is 0 Å². The maximum absolute atomic E-state index is 12.7. The Balaban J connectivity index is 4.31. The van der Waals surface area contributed by atoms with Gasteiger partial charge in [0, 0.05) is 0 Å². The van der Waals surface area contributed by atoms with E-state index in [1.807, 2.05) is 0 Å². The van der Waals surface area contributed by atoms with Gasteiger partial charge in [0.05, 0.1) is 13.2 Å². The second-order valence-corrected chi connectivity index (χ2v) is 8.27. The molecule has 4 nitrogen and oxygen atoms in total. The minimum Gasteiger partial charge on any atom is -0.465 e. The molecule has 172 valence electrons. The Bertz CT molecular complexity index is 388. The van der Waals surface area contributed by atoms with Crippen molar-refractivity contribution in [2.45, 2.75) is 130 Å². The lowest BCUT2D eigenvalue weighted by Gasteiger charge is -2.29. The Hall–Kier alpha value is -1.06. The topological polar surface area (TPSA) is 52.6 Å². The van der Waals surface area contributed by atoms with E-state index in [2.05, 4.69) is 13.8 Å². The van der Waals surface area contributed by atoms with Crippen molar-refractivity contribution in [3.05, 3.63) is 0 Å². The molecule has 29 heavy (non-hydrogen) atoms. The van der Waals surface area contributed by atoms with Gasteiger partial charge in [-0.05, 0) is 26.7 Å². The van der Waals surface area contributed by atoms with Crippen LogP contribution in [0.2, 0.25) is 0 Å². The summed E-state index contributed by atoms with van der Waals surface area (Å²) < 4.78 is 10.6. The van der Waals surface area contributed by atoms with E-state index < -0.39 is 17.4 Å². The van der Waals surface area contributed by atoms with Crippen LogP contribution in [0.1, 0.15) is 130 Å². The monoisotopic (exact) mass is 412 g/mol. The molecule has 0 aromatic heterocycles. The molecular weight excluding hydrogens is 364 g/mol. The number of esters is 2. The second kappa shape index (κ2) is 18.9. The zero-order valence-corrected chi connectivity index (χ0v) is 19.9. The molecule has 0 aromatic rings. The van der Waals surface area contributed by atoms with E-state index in [1.54, 1.807) is 13.8 Å². The Morgan fingerprint density at radius 1 is 0.517 bits per heavy atom. The van der Waals surface area contributed by atoms with Crippen LogP contribution in [-0.4, -0.2) is 25.2 Å². The maximum Gasteiger partial charge on any atom is 0.323 e. The van der Waals surface area contributed by atoms with Crippen LogP contribution in [0.3, 0.4) is 0 Å². The molecule has 0 aliphatic carbocycles. The molecule has 0 fully saturated rings. The van der Waals surface area contributed by atoms with Crippen LogP contribution in [0.15, 0.2) is 0 Å². The van der Waals surface area contributed by atoms with E-state index in [1.165, 1.54) is 64.2 Å². The van der Waals surface area contributed by atoms with E-state index in [-0.39, 0.29) is 0 Å². The van der Waals surface area contributed by atoms with Gasteiger partial charge in [-0.1, -0.05) is 104 Å². The van der Waals surface area contributed by atoms with Gasteiger partial charge in [-0.2, -0.15) is 0 Å². The first kappa shape index (κ1) is 27.9. The molecule has 0 atom stereocenters. The molecule has 0 heterocycles. The van der Waals surface area contributed by atoms with E-state index in [9.17, 15) is 9.59 Å². The average Bonchev–Trinajstić information content (AvgIpc) is 2.71. The van der Waals surface area contributed by atoms with Crippen LogP contribution >= 0.6 is 0 Å². The number of ether oxygens (including phenoxy) is 2. The van der Waals surface area contributed by atoms with Crippen LogP contribution in [0.5, 0.6) is 0 Å². The molecule has 0 amide bonds. The van der Waals surface area contributed by atoms with Crippen molar-refractivity contribution in [1.82, 2.24) is 0 Å². The Morgan fingerprint density at radius 3 is 1.24 bits per heavy atom. The van der Waals surface area contributed by atoms with Crippen molar-refractivity contribution in [2.75, 3.05) is 13.2 Å². The van der Waals surface area contributed by atoms with Crippen molar-refractivity contribution < 1.29 is 19.1 Å². The smallest absolute Gasteiger partial charge is 0.323 e. The van der Waals surface area contributed by atoms with Crippen molar-refractivity contribution in [1.29, 1.82) is 0 Å². The summed E-state index contributed by atoms with van der Waals surface area (Å²) in [5, 5.41) is 0. The molecule has 0 aliphatic heterocycles. The van der Waals surface area contributed by atoms with E-state index in [0.717, 1.165) is 25.7 Å². The summed E-state index contributed by atoms with van der Waals surface area (Å²) in [7, 11) is 0. The van der Waals surface area contributed by atoms with Gasteiger partial charge in [0.1, 0.15) is 0 Å². The summed E-state index contributed by atoms with van der Waals surface area (Å²) >= 11 is 0. The van der Waals surface area contributed by atoms with E-state index >= 15 is 0 Å². The van der Waals surface area contributed by atoms with Crippen LogP contribution in [0, 0.1) is 5.41 Å². The number of carbonyl (C=O) groups excluding carboxylic acids is 2. The maximum atomic E-state index is 12.7. The van der Waals surface area contributed by atoms with Crippen LogP contribution in [0.25, 0.3) is 0 Å². The first-order chi connectivity index (χ1) is 14.1. The van der Waals surface area contributed by atoms with Gasteiger partial charge < -0.3 is 9.47 Å². The second-order valence-electron chi connectivity index (χ2n) is 8.27. The van der Waals surface area contributed by atoms with Crippen molar-refractivity contribution >= 4 is 11.9 Å². The standard InChI is InChI=1S/C25H48O4/c1-5-9-11-12-13-14-15-16-17-18-19-20-22-25(21-10-6-2,23(26)28-7-3)24(27)29-8-4/h5-22H2,1-4H3. The molecule has 0 bridgehead atoms. The number of rotatable bonds is 20. The Morgan fingerprint density at radius 2 is 0.862 bits per heavy atom. The predicted octanol–water partition coefficient (Wildman–Crippen LogP) is 7.38. The third-order valence-corrected chi connectivity index (χ3v) is 5.75. The summed E-state index contributed by atoms with van der Waals surface area (Å²) in [4.78, 5) is 25.4. The van der Waals surface area contributed by atoms with E-state index in [4.69, 9.17) is 9.47 Å². The highest BCUT2D eigenvalue weighted by atomic mass is 16.6. The lowest BCUT2D eigenvalue weighted by molar-refractivity contribution is -0.173. The summed E-state index contributed by atoms with van der Waals surface area (Å²) in [6.45, 7) is 8.50. The first-order valence-corrected chi connectivity index (χ1v) is 12.4. The summed E-state index contributed by atoms with van der Waals surface area (Å²) in [5.41, 5.74) is -1.11.